The largest absolute Gasteiger partial charge is 0.395 e. The maximum absolute atomic E-state index is 9.04. The van der Waals surface area contributed by atoms with Gasteiger partial charge in [-0.25, -0.2) is 4.98 Å². The molecule has 8 heteroatoms. The van der Waals surface area contributed by atoms with E-state index in [1.54, 1.807) is 0 Å². The predicted octanol–water partition coefficient (Wildman–Crippen LogP) is 2.39. The fourth-order valence-corrected chi connectivity index (χ4v) is 3.38. The van der Waals surface area contributed by atoms with Crippen LogP contribution in [0.4, 0.5) is 17.5 Å². The van der Waals surface area contributed by atoms with Crippen molar-refractivity contribution in [2.75, 3.05) is 48.9 Å². The van der Waals surface area contributed by atoms with Crippen LogP contribution in [0, 0.1) is 6.92 Å². The van der Waals surface area contributed by atoms with Gasteiger partial charge in [-0.15, -0.1) is 0 Å². The van der Waals surface area contributed by atoms with E-state index in [9.17, 15) is 0 Å². The summed E-state index contributed by atoms with van der Waals surface area (Å²) in [5, 5.41) is 12.9. The molecule has 1 aromatic heterocycles. The Bertz CT molecular complexity index is 738. The Balaban J connectivity index is 1.99. The molecule has 140 valence electrons. The monoisotopic (exact) mass is 377 g/mol. The van der Waals surface area contributed by atoms with E-state index in [0.717, 1.165) is 35.7 Å². The van der Waals surface area contributed by atoms with Crippen molar-refractivity contribution < 1.29 is 9.84 Å². The third-order valence-corrected chi connectivity index (χ3v) is 4.63. The zero-order valence-electron chi connectivity index (χ0n) is 14.8. The van der Waals surface area contributed by atoms with Gasteiger partial charge < -0.3 is 25.8 Å². The highest BCUT2D eigenvalue weighted by atomic mass is 35.5. The highest BCUT2D eigenvalue weighted by molar-refractivity contribution is 6.31. The number of hydrogen-bond acceptors (Lipinski definition) is 7. The molecule has 1 fully saturated rings. The van der Waals surface area contributed by atoms with Crippen molar-refractivity contribution in [3.05, 3.63) is 40.5 Å². The second-order valence-corrected chi connectivity index (χ2v) is 6.66. The number of nitrogens with two attached hydrogens (primary N) is 1. The summed E-state index contributed by atoms with van der Waals surface area (Å²) < 4.78 is 5.81. The zero-order chi connectivity index (χ0) is 18.5. The molecule has 1 aliphatic heterocycles. The van der Waals surface area contributed by atoms with Gasteiger partial charge in [-0.1, -0.05) is 11.6 Å². The lowest BCUT2D eigenvalue weighted by atomic mass is 10.0. The molecule has 0 saturated carbocycles. The Morgan fingerprint density at radius 2 is 2.23 bits per heavy atom. The van der Waals surface area contributed by atoms with E-state index < -0.39 is 0 Å². The highest BCUT2D eigenvalue weighted by Gasteiger charge is 2.27. The van der Waals surface area contributed by atoms with E-state index in [0.29, 0.717) is 24.8 Å². The maximum Gasteiger partial charge on any atom is 0.222 e. The van der Waals surface area contributed by atoms with Crippen LogP contribution in [0.1, 0.15) is 23.7 Å². The molecule has 0 unspecified atom stereocenters. The van der Waals surface area contributed by atoms with Gasteiger partial charge in [-0.3, -0.25) is 0 Å². The molecule has 0 bridgehead atoms. The van der Waals surface area contributed by atoms with Gasteiger partial charge in [-0.2, -0.15) is 4.98 Å². The number of nitrogen functional groups attached to an aromatic ring is 1. The predicted molar refractivity (Wildman–Crippen MR) is 104 cm³/mol. The minimum atomic E-state index is -0.0884. The summed E-state index contributed by atoms with van der Waals surface area (Å²) in [5.74, 6) is 1.03. The van der Waals surface area contributed by atoms with E-state index in [1.165, 1.54) is 0 Å². The third kappa shape index (κ3) is 4.35. The molecule has 0 aliphatic carbocycles. The number of aryl methyl sites for hydroxylation is 1. The molecular formula is C18H24ClN5O2. The summed E-state index contributed by atoms with van der Waals surface area (Å²) in [7, 11) is 0. The number of aliphatic hydroxyl groups excluding tert-OH is 1. The first-order valence-corrected chi connectivity index (χ1v) is 9.06. The van der Waals surface area contributed by atoms with Gasteiger partial charge in [0.1, 0.15) is 5.82 Å². The number of nitrogens with one attached hydrogen (secondary N) is 1. The third-order valence-electron chi connectivity index (χ3n) is 4.29. The Morgan fingerprint density at radius 1 is 1.38 bits per heavy atom. The fraction of sp³-hybridized carbons (Fsp3) is 0.444. The van der Waals surface area contributed by atoms with E-state index in [4.69, 9.17) is 27.2 Å². The number of benzene rings is 1. The Kier molecular flexibility index (Phi) is 6.13. The van der Waals surface area contributed by atoms with E-state index >= 15 is 0 Å². The van der Waals surface area contributed by atoms with Crippen LogP contribution >= 0.6 is 11.6 Å². The topological polar surface area (TPSA) is 96.5 Å². The van der Waals surface area contributed by atoms with Gasteiger partial charge in [0.2, 0.25) is 5.95 Å². The van der Waals surface area contributed by atoms with Crippen LogP contribution in [0.15, 0.2) is 24.3 Å². The van der Waals surface area contributed by atoms with Crippen molar-refractivity contribution in [1.29, 1.82) is 0 Å². The van der Waals surface area contributed by atoms with Gasteiger partial charge in [0.15, 0.2) is 0 Å². The van der Waals surface area contributed by atoms with Gasteiger partial charge in [0.25, 0.3) is 0 Å². The summed E-state index contributed by atoms with van der Waals surface area (Å²) in [6, 6.07) is 7.60. The molecule has 7 nitrogen and oxygen atoms in total. The van der Waals surface area contributed by atoms with Gasteiger partial charge in [0, 0.05) is 42.2 Å². The lowest BCUT2D eigenvalue weighted by Gasteiger charge is -2.31. The molecule has 26 heavy (non-hydrogen) atoms. The molecule has 2 heterocycles. The van der Waals surface area contributed by atoms with Crippen LogP contribution in [-0.2, 0) is 4.74 Å². The molecule has 1 atom stereocenters. The molecule has 1 aliphatic rings. The molecule has 4 N–H and O–H groups in total. The smallest absolute Gasteiger partial charge is 0.222 e. The number of nitrogens with zero attached hydrogens (tertiary/aromatic N) is 3. The number of rotatable bonds is 5. The van der Waals surface area contributed by atoms with Crippen LogP contribution in [0.5, 0.6) is 0 Å². The Morgan fingerprint density at radius 3 is 3.00 bits per heavy atom. The summed E-state index contributed by atoms with van der Waals surface area (Å²) >= 11 is 6.52. The minimum absolute atomic E-state index is 0.0656. The maximum atomic E-state index is 9.04. The number of anilines is 3. The lowest BCUT2D eigenvalue weighted by molar-refractivity contribution is 0.134. The normalized spacial score (nSPS) is 17.8. The van der Waals surface area contributed by atoms with Crippen molar-refractivity contribution in [2.24, 2.45) is 0 Å². The summed E-state index contributed by atoms with van der Waals surface area (Å²) in [6.45, 7) is 4.42. The Labute approximate surface area is 158 Å². The quantitative estimate of drug-likeness (QED) is 0.736. The average molecular weight is 378 g/mol. The molecule has 3 rings (SSSR count). The molecule has 1 saturated heterocycles. The summed E-state index contributed by atoms with van der Waals surface area (Å²) in [6.07, 6.45) is 0.888. The summed E-state index contributed by atoms with van der Waals surface area (Å²) in [4.78, 5) is 10.8. The van der Waals surface area contributed by atoms with Crippen molar-refractivity contribution >= 4 is 29.1 Å². The molecule has 2 aromatic rings. The van der Waals surface area contributed by atoms with Crippen molar-refractivity contribution in [3.8, 4) is 0 Å². The highest BCUT2D eigenvalue weighted by Crippen LogP contribution is 2.34. The molecule has 0 amide bonds. The van der Waals surface area contributed by atoms with Crippen LogP contribution in [0.25, 0.3) is 0 Å². The minimum Gasteiger partial charge on any atom is -0.395 e. The molecule has 1 aromatic carbocycles. The molecular weight excluding hydrogens is 354 g/mol. The van der Waals surface area contributed by atoms with Crippen molar-refractivity contribution in [3.63, 3.8) is 0 Å². The van der Waals surface area contributed by atoms with E-state index in [-0.39, 0.29) is 18.6 Å². The van der Waals surface area contributed by atoms with Crippen LogP contribution in [0.2, 0.25) is 5.02 Å². The second kappa shape index (κ2) is 8.53. The Hall–Kier alpha value is -2.09. The number of ether oxygens (including phenoxy) is 1. The van der Waals surface area contributed by atoms with Crippen LogP contribution in [0.3, 0.4) is 0 Å². The molecule has 0 spiro atoms. The number of aliphatic hydroxyl groups is 1. The fourth-order valence-electron chi connectivity index (χ4n) is 3.14. The molecule has 0 radical (unpaired) electrons. The van der Waals surface area contributed by atoms with Crippen molar-refractivity contribution in [1.82, 2.24) is 9.97 Å². The average Bonchev–Trinajstić information content (AvgIpc) is 2.86. The van der Waals surface area contributed by atoms with Crippen LogP contribution in [-0.4, -0.2) is 48.0 Å². The first kappa shape index (κ1) is 18.7. The van der Waals surface area contributed by atoms with E-state index in [2.05, 4.69) is 20.2 Å². The standard InChI is InChI=1S/C18H24ClN5O2/c1-12-9-17(23-18(20)22-12)24-6-2-8-26-11-16(24)14-10-13(21-5-7-25)3-4-15(14)19/h3-4,9-10,16,21,25H,2,5-8,11H2,1H3,(H2,20,22,23)/t16-/m1/s1. The second-order valence-electron chi connectivity index (χ2n) is 6.25. The van der Waals surface area contributed by atoms with Gasteiger partial charge >= 0.3 is 0 Å². The summed E-state index contributed by atoms with van der Waals surface area (Å²) in [5.41, 5.74) is 8.53. The SMILES string of the molecule is Cc1cc(N2CCCOC[C@@H]2c2cc(NCCO)ccc2Cl)nc(N)n1. The zero-order valence-corrected chi connectivity index (χ0v) is 15.5. The lowest BCUT2D eigenvalue weighted by Crippen LogP contribution is -2.32. The number of halogens is 1. The van der Waals surface area contributed by atoms with Crippen LogP contribution < -0.4 is 16.0 Å². The van der Waals surface area contributed by atoms with Gasteiger partial charge in [0.05, 0.1) is 19.3 Å². The number of hydrogen-bond donors (Lipinski definition) is 3. The number of aromatic nitrogens is 2. The first-order valence-electron chi connectivity index (χ1n) is 8.68. The van der Waals surface area contributed by atoms with E-state index in [1.807, 2.05) is 31.2 Å². The van der Waals surface area contributed by atoms with Gasteiger partial charge in [-0.05, 0) is 37.1 Å². The van der Waals surface area contributed by atoms with Crippen molar-refractivity contribution in [2.45, 2.75) is 19.4 Å². The first-order chi connectivity index (χ1) is 12.6.